The maximum absolute atomic E-state index is 12.1. The number of nitrogens with one attached hydrogen (secondary N) is 1. The number of benzene rings is 2. The van der Waals surface area contributed by atoms with Crippen molar-refractivity contribution in [1.29, 1.82) is 0 Å². The van der Waals surface area contributed by atoms with E-state index in [0.717, 1.165) is 12.0 Å². The van der Waals surface area contributed by atoms with E-state index in [4.69, 9.17) is 9.47 Å². The smallest absolute Gasteiger partial charge is 0.230 e. The lowest BCUT2D eigenvalue weighted by molar-refractivity contribution is -0.118. The second-order valence-electron chi connectivity index (χ2n) is 6.78. The van der Waals surface area contributed by atoms with Gasteiger partial charge in [-0.3, -0.25) is 4.79 Å². The van der Waals surface area contributed by atoms with Crippen LogP contribution in [0.5, 0.6) is 11.5 Å². The number of aromatic nitrogens is 3. The molecule has 0 spiro atoms. The van der Waals surface area contributed by atoms with Crippen molar-refractivity contribution in [2.45, 2.75) is 25.1 Å². The van der Waals surface area contributed by atoms with E-state index in [1.165, 1.54) is 17.3 Å². The molecule has 1 N–H and O–H groups in total. The highest BCUT2D eigenvalue weighted by Gasteiger charge is 2.13. The Labute approximate surface area is 180 Å². The van der Waals surface area contributed by atoms with Crippen molar-refractivity contribution >= 4 is 17.7 Å². The van der Waals surface area contributed by atoms with Gasteiger partial charge in [0.1, 0.15) is 6.61 Å². The van der Waals surface area contributed by atoms with Crippen molar-refractivity contribution in [3.63, 3.8) is 0 Å². The molecule has 1 aromatic heterocycles. The predicted molar refractivity (Wildman–Crippen MR) is 117 cm³/mol. The van der Waals surface area contributed by atoms with E-state index in [1.807, 2.05) is 54.9 Å². The lowest BCUT2D eigenvalue weighted by Crippen LogP contribution is -2.27. The van der Waals surface area contributed by atoms with Gasteiger partial charge in [-0.25, -0.2) is 0 Å². The minimum Gasteiger partial charge on any atom is -0.493 e. The number of hydrogen-bond donors (Lipinski definition) is 1. The molecule has 3 rings (SSSR count). The molecule has 1 amide bonds. The molecule has 0 unspecified atom stereocenters. The Morgan fingerprint density at radius 3 is 2.70 bits per heavy atom. The Morgan fingerprint density at radius 2 is 1.93 bits per heavy atom. The zero-order valence-electron chi connectivity index (χ0n) is 17.4. The van der Waals surface area contributed by atoms with Crippen LogP contribution in [0.25, 0.3) is 0 Å². The Kier molecular flexibility index (Phi) is 7.73. The first-order chi connectivity index (χ1) is 14.6. The van der Waals surface area contributed by atoms with E-state index in [9.17, 15) is 4.79 Å². The van der Waals surface area contributed by atoms with Gasteiger partial charge < -0.3 is 19.4 Å². The first-order valence-electron chi connectivity index (χ1n) is 9.66. The summed E-state index contributed by atoms with van der Waals surface area (Å²) in [5, 5.41) is 12.0. The average Bonchev–Trinajstić information content (AvgIpc) is 3.11. The van der Waals surface area contributed by atoms with Crippen molar-refractivity contribution in [3.8, 4) is 11.5 Å². The molecule has 8 heteroatoms. The first-order valence-corrected chi connectivity index (χ1v) is 10.6. The zero-order chi connectivity index (χ0) is 21.3. The molecule has 2 aromatic carbocycles. The van der Waals surface area contributed by atoms with Crippen LogP contribution in [0.3, 0.4) is 0 Å². The Morgan fingerprint density at radius 1 is 1.13 bits per heavy atom. The van der Waals surface area contributed by atoms with E-state index in [1.54, 1.807) is 7.11 Å². The predicted octanol–water partition coefficient (Wildman–Crippen LogP) is 3.16. The summed E-state index contributed by atoms with van der Waals surface area (Å²) in [7, 11) is 3.48. The van der Waals surface area contributed by atoms with Crippen LogP contribution in [0.15, 0.2) is 53.7 Å². The van der Waals surface area contributed by atoms with Gasteiger partial charge >= 0.3 is 0 Å². The number of hydrogen-bond acceptors (Lipinski definition) is 6. The number of methoxy groups -OCH3 is 1. The first kappa shape index (κ1) is 21.7. The topological polar surface area (TPSA) is 78.3 Å². The molecule has 0 bridgehead atoms. The number of carbonyl (C=O) groups excluding carboxylic acids is 1. The van der Waals surface area contributed by atoms with Gasteiger partial charge in [-0.2, -0.15) is 0 Å². The summed E-state index contributed by atoms with van der Waals surface area (Å²) in [5.74, 6) is 2.26. The van der Waals surface area contributed by atoms with Crippen molar-refractivity contribution in [3.05, 3.63) is 65.5 Å². The summed E-state index contributed by atoms with van der Waals surface area (Å²) in [4.78, 5) is 12.1. The largest absolute Gasteiger partial charge is 0.493 e. The quantitative estimate of drug-likeness (QED) is 0.502. The van der Waals surface area contributed by atoms with Crippen molar-refractivity contribution in [1.82, 2.24) is 20.1 Å². The third-order valence-corrected chi connectivity index (χ3v) is 5.53. The molecule has 0 aliphatic rings. The summed E-state index contributed by atoms with van der Waals surface area (Å²) in [5.41, 5.74) is 2.30. The van der Waals surface area contributed by atoms with Gasteiger partial charge in [0.25, 0.3) is 0 Å². The van der Waals surface area contributed by atoms with Crippen molar-refractivity contribution < 1.29 is 14.3 Å². The van der Waals surface area contributed by atoms with Crippen molar-refractivity contribution in [2.24, 2.45) is 7.05 Å². The maximum Gasteiger partial charge on any atom is 0.230 e. The van der Waals surface area contributed by atoms with E-state index in [0.29, 0.717) is 29.0 Å². The normalized spacial score (nSPS) is 10.6. The standard InChI is InChI=1S/C22H26N4O3S/c1-16-9-10-18(19(13-16)28-3)29-14-20-24-25-22(26(20)2)30-15-21(27)23-12-11-17-7-5-4-6-8-17/h4-10,13H,11-12,14-15H2,1-3H3,(H,23,27). The molecule has 0 aliphatic carbocycles. The van der Waals surface area contributed by atoms with Crippen LogP contribution in [0, 0.1) is 6.92 Å². The van der Waals surface area contributed by atoms with Gasteiger partial charge in [0.2, 0.25) is 5.91 Å². The second kappa shape index (κ2) is 10.7. The molecule has 0 aliphatic heterocycles. The molecule has 30 heavy (non-hydrogen) atoms. The fourth-order valence-electron chi connectivity index (χ4n) is 2.80. The summed E-state index contributed by atoms with van der Waals surface area (Å²) in [6.45, 7) is 2.86. The Balaban J connectivity index is 1.46. The fraction of sp³-hybridized carbons (Fsp3) is 0.318. The van der Waals surface area contributed by atoms with Crippen LogP contribution in [0.2, 0.25) is 0 Å². The number of nitrogens with zero attached hydrogens (tertiary/aromatic N) is 3. The maximum atomic E-state index is 12.1. The molecule has 0 atom stereocenters. The van der Waals surface area contributed by atoms with Gasteiger partial charge in [-0.05, 0) is 36.6 Å². The number of amides is 1. The highest BCUT2D eigenvalue weighted by Crippen LogP contribution is 2.28. The molecule has 1 heterocycles. The molecule has 3 aromatic rings. The number of ether oxygens (including phenoxy) is 2. The second-order valence-corrected chi connectivity index (χ2v) is 7.72. The minimum atomic E-state index is -0.0267. The van der Waals surface area contributed by atoms with Crippen LogP contribution in [0.4, 0.5) is 0 Å². The number of rotatable bonds is 10. The average molecular weight is 427 g/mol. The Hall–Kier alpha value is -3.00. The summed E-state index contributed by atoms with van der Waals surface area (Å²) < 4.78 is 13.0. The number of carbonyl (C=O) groups is 1. The SMILES string of the molecule is COc1cc(C)ccc1OCc1nnc(SCC(=O)NCCc2ccccc2)n1C. The van der Waals surface area contributed by atoms with E-state index >= 15 is 0 Å². The van der Waals surface area contributed by atoms with Crippen LogP contribution in [-0.2, 0) is 24.9 Å². The lowest BCUT2D eigenvalue weighted by atomic mass is 10.1. The van der Waals surface area contributed by atoms with Gasteiger partial charge in [0, 0.05) is 13.6 Å². The molecule has 0 saturated heterocycles. The summed E-state index contributed by atoms with van der Waals surface area (Å²) in [6, 6.07) is 15.8. The minimum absolute atomic E-state index is 0.0267. The van der Waals surface area contributed by atoms with Gasteiger partial charge in [0.05, 0.1) is 12.9 Å². The summed E-state index contributed by atoms with van der Waals surface area (Å²) in [6.07, 6.45) is 0.811. The molecule has 0 radical (unpaired) electrons. The number of thioether (sulfide) groups is 1. The van der Waals surface area contributed by atoms with E-state index in [-0.39, 0.29) is 18.3 Å². The molecular weight excluding hydrogens is 400 g/mol. The van der Waals surface area contributed by atoms with Gasteiger partial charge in [-0.1, -0.05) is 48.2 Å². The van der Waals surface area contributed by atoms with Crippen molar-refractivity contribution in [2.75, 3.05) is 19.4 Å². The highest BCUT2D eigenvalue weighted by molar-refractivity contribution is 7.99. The zero-order valence-corrected chi connectivity index (χ0v) is 18.2. The van der Waals surface area contributed by atoms with E-state index in [2.05, 4.69) is 27.6 Å². The Bertz CT molecular complexity index is 976. The van der Waals surface area contributed by atoms with Gasteiger partial charge in [0.15, 0.2) is 22.5 Å². The summed E-state index contributed by atoms with van der Waals surface area (Å²) >= 11 is 1.35. The molecular formula is C22H26N4O3S. The lowest BCUT2D eigenvalue weighted by Gasteiger charge is -2.11. The van der Waals surface area contributed by atoms with Crippen LogP contribution < -0.4 is 14.8 Å². The molecule has 158 valence electrons. The third kappa shape index (κ3) is 6.00. The monoisotopic (exact) mass is 426 g/mol. The molecule has 0 saturated carbocycles. The highest BCUT2D eigenvalue weighted by atomic mass is 32.2. The molecule has 0 fully saturated rings. The molecule has 7 nitrogen and oxygen atoms in total. The van der Waals surface area contributed by atoms with Crippen LogP contribution in [0.1, 0.15) is 17.0 Å². The fourth-order valence-corrected chi connectivity index (χ4v) is 3.56. The van der Waals surface area contributed by atoms with Gasteiger partial charge in [-0.15, -0.1) is 10.2 Å². The van der Waals surface area contributed by atoms with Crippen LogP contribution >= 0.6 is 11.8 Å². The number of aryl methyl sites for hydroxylation is 1. The van der Waals surface area contributed by atoms with Crippen LogP contribution in [-0.4, -0.2) is 40.1 Å². The third-order valence-electron chi connectivity index (χ3n) is 4.51. The van der Waals surface area contributed by atoms with E-state index < -0.39 is 0 Å².